The lowest BCUT2D eigenvalue weighted by Crippen LogP contribution is -2.43. The van der Waals surface area contributed by atoms with Crippen LogP contribution in [0.3, 0.4) is 0 Å². The average molecular weight is 257 g/mol. The van der Waals surface area contributed by atoms with Gasteiger partial charge in [0.25, 0.3) is 0 Å². The Morgan fingerprint density at radius 3 is 2.82 bits per heavy atom. The Morgan fingerprint density at radius 2 is 2.35 bits per heavy atom. The normalized spacial score (nSPS) is 14.0. The molecule has 0 saturated heterocycles. The fourth-order valence-corrected chi connectivity index (χ4v) is 2.08. The van der Waals surface area contributed by atoms with Crippen LogP contribution in [0, 0.1) is 0 Å². The molecule has 0 saturated carbocycles. The average Bonchev–Trinajstić information content (AvgIpc) is 2.77. The van der Waals surface area contributed by atoms with Gasteiger partial charge in [0.1, 0.15) is 5.01 Å². The van der Waals surface area contributed by atoms with Gasteiger partial charge in [0.15, 0.2) is 0 Å². The third kappa shape index (κ3) is 4.12. The molecule has 94 valence electrons. The number of carboxylic acids is 1. The number of amides is 1. The second kappa shape index (κ2) is 6.31. The molecule has 0 aliphatic rings. The van der Waals surface area contributed by atoms with Crippen LogP contribution in [0.15, 0.2) is 11.6 Å². The number of hydrogen-bond acceptors (Lipinski definition) is 5. The van der Waals surface area contributed by atoms with Crippen LogP contribution in [-0.2, 0) is 9.59 Å². The summed E-state index contributed by atoms with van der Waals surface area (Å²) in [7, 11) is 0. The van der Waals surface area contributed by atoms with Crippen molar-refractivity contribution in [3.63, 3.8) is 0 Å². The highest BCUT2D eigenvalue weighted by molar-refractivity contribution is 7.09. The van der Waals surface area contributed by atoms with E-state index in [9.17, 15) is 9.59 Å². The number of carbonyl (C=O) groups is 2. The Morgan fingerprint density at radius 1 is 1.65 bits per heavy atom. The lowest BCUT2D eigenvalue weighted by molar-refractivity contribution is -0.139. The summed E-state index contributed by atoms with van der Waals surface area (Å²) in [6.45, 7) is 1.91. The van der Waals surface area contributed by atoms with Gasteiger partial charge < -0.3 is 16.2 Å². The zero-order chi connectivity index (χ0) is 12.8. The van der Waals surface area contributed by atoms with Crippen LogP contribution < -0.4 is 11.1 Å². The van der Waals surface area contributed by atoms with Crippen LogP contribution in [0.4, 0.5) is 0 Å². The molecule has 17 heavy (non-hydrogen) atoms. The molecule has 1 rings (SSSR count). The van der Waals surface area contributed by atoms with Crippen molar-refractivity contribution in [2.24, 2.45) is 5.73 Å². The lowest BCUT2D eigenvalue weighted by Gasteiger charge is -2.17. The van der Waals surface area contributed by atoms with Gasteiger partial charge in [0.05, 0.1) is 18.5 Å². The number of hydrogen-bond donors (Lipinski definition) is 3. The molecule has 6 nitrogen and oxygen atoms in total. The highest BCUT2D eigenvalue weighted by Gasteiger charge is 2.21. The Balaban J connectivity index is 2.57. The topological polar surface area (TPSA) is 105 Å². The summed E-state index contributed by atoms with van der Waals surface area (Å²) in [6, 6.07) is -1.23. The number of nitrogens with one attached hydrogen (secondary N) is 1. The Kier molecular flexibility index (Phi) is 5.05. The molecule has 0 aliphatic carbocycles. The van der Waals surface area contributed by atoms with Gasteiger partial charge in [-0.15, -0.1) is 11.3 Å². The van der Waals surface area contributed by atoms with Crippen LogP contribution in [0.1, 0.15) is 30.8 Å². The minimum absolute atomic E-state index is 0.206. The first-order valence-electron chi connectivity index (χ1n) is 5.21. The number of carbonyl (C=O) groups excluding carboxylic acids is 1. The maximum Gasteiger partial charge on any atom is 0.305 e. The van der Waals surface area contributed by atoms with Crippen molar-refractivity contribution in [3.05, 3.63) is 16.6 Å². The second-order valence-electron chi connectivity index (χ2n) is 3.54. The van der Waals surface area contributed by atoms with Gasteiger partial charge in [-0.1, -0.05) is 6.92 Å². The van der Waals surface area contributed by atoms with Crippen LogP contribution in [-0.4, -0.2) is 28.0 Å². The van der Waals surface area contributed by atoms with Crippen molar-refractivity contribution in [1.82, 2.24) is 10.3 Å². The van der Waals surface area contributed by atoms with Crippen molar-refractivity contribution in [1.29, 1.82) is 0 Å². The maximum atomic E-state index is 11.6. The van der Waals surface area contributed by atoms with Crippen LogP contribution >= 0.6 is 11.3 Å². The van der Waals surface area contributed by atoms with Crippen molar-refractivity contribution in [3.8, 4) is 0 Å². The SMILES string of the molecule is CCC(NC(=O)C(N)CC(=O)O)c1nccs1. The van der Waals surface area contributed by atoms with E-state index in [1.807, 2.05) is 12.3 Å². The van der Waals surface area contributed by atoms with E-state index in [0.29, 0.717) is 6.42 Å². The van der Waals surface area contributed by atoms with Crippen LogP contribution in [0.25, 0.3) is 0 Å². The van der Waals surface area contributed by atoms with Gasteiger partial charge in [-0.3, -0.25) is 9.59 Å². The van der Waals surface area contributed by atoms with E-state index in [4.69, 9.17) is 10.8 Å². The molecule has 7 heteroatoms. The van der Waals surface area contributed by atoms with Crippen LogP contribution in [0.5, 0.6) is 0 Å². The Labute approximate surface area is 103 Å². The van der Waals surface area contributed by atoms with E-state index in [2.05, 4.69) is 10.3 Å². The third-order valence-electron chi connectivity index (χ3n) is 2.21. The lowest BCUT2D eigenvalue weighted by atomic mass is 10.1. The quantitative estimate of drug-likeness (QED) is 0.688. The summed E-state index contributed by atoms with van der Waals surface area (Å²) in [5.41, 5.74) is 5.46. The Hall–Kier alpha value is -1.47. The number of carboxylic acid groups (broad SMARTS) is 1. The molecule has 0 bridgehead atoms. The second-order valence-corrected chi connectivity index (χ2v) is 4.47. The van der Waals surface area contributed by atoms with Crippen molar-refractivity contribution >= 4 is 23.2 Å². The molecule has 0 aromatic carbocycles. The van der Waals surface area contributed by atoms with Gasteiger partial charge in [0.2, 0.25) is 5.91 Å². The molecule has 0 fully saturated rings. The number of rotatable bonds is 6. The fourth-order valence-electron chi connectivity index (χ4n) is 1.30. The van der Waals surface area contributed by atoms with Gasteiger partial charge in [0, 0.05) is 11.6 Å². The molecule has 1 aromatic rings. The summed E-state index contributed by atoms with van der Waals surface area (Å²) in [5, 5.41) is 13.8. The third-order valence-corrected chi connectivity index (χ3v) is 3.09. The summed E-state index contributed by atoms with van der Waals surface area (Å²) in [6.07, 6.45) is 1.96. The standard InChI is InChI=1S/C10H15N3O3S/c1-2-7(10-12-3-4-17-10)13-9(16)6(11)5-8(14)15/h3-4,6-7H,2,5,11H2,1H3,(H,13,16)(H,14,15). The van der Waals surface area contributed by atoms with E-state index in [1.54, 1.807) is 6.20 Å². The molecule has 2 atom stereocenters. The number of nitrogens with two attached hydrogens (primary N) is 1. The highest BCUT2D eigenvalue weighted by atomic mass is 32.1. The first kappa shape index (κ1) is 13.6. The molecular weight excluding hydrogens is 242 g/mol. The van der Waals surface area contributed by atoms with E-state index in [0.717, 1.165) is 5.01 Å². The fraction of sp³-hybridized carbons (Fsp3) is 0.500. The van der Waals surface area contributed by atoms with Crippen LogP contribution in [0.2, 0.25) is 0 Å². The van der Waals surface area contributed by atoms with Gasteiger partial charge >= 0.3 is 5.97 Å². The maximum absolute atomic E-state index is 11.6. The number of thiazole rings is 1. The Bertz CT molecular complexity index is 380. The largest absolute Gasteiger partial charge is 0.481 e. The predicted molar refractivity (Wildman–Crippen MR) is 63.5 cm³/mol. The molecule has 4 N–H and O–H groups in total. The monoisotopic (exact) mass is 257 g/mol. The van der Waals surface area contributed by atoms with Gasteiger partial charge in [-0.05, 0) is 6.42 Å². The number of aliphatic carboxylic acids is 1. The number of nitrogens with zero attached hydrogens (tertiary/aromatic N) is 1. The molecule has 2 unspecified atom stereocenters. The summed E-state index contributed by atoms with van der Waals surface area (Å²) in [4.78, 5) is 26.2. The predicted octanol–water partition coefficient (Wildman–Crippen LogP) is 0.512. The van der Waals surface area contributed by atoms with E-state index >= 15 is 0 Å². The summed E-state index contributed by atoms with van der Waals surface area (Å²) >= 11 is 1.44. The minimum atomic E-state index is -1.09. The van der Waals surface area contributed by atoms with E-state index in [-0.39, 0.29) is 12.5 Å². The first-order valence-corrected chi connectivity index (χ1v) is 6.09. The number of aromatic nitrogens is 1. The molecule has 1 aromatic heterocycles. The summed E-state index contributed by atoms with van der Waals surface area (Å²) in [5.74, 6) is -1.55. The zero-order valence-corrected chi connectivity index (χ0v) is 10.2. The highest BCUT2D eigenvalue weighted by Crippen LogP contribution is 2.18. The van der Waals surface area contributed by atoms with Gasteiger partial charge in [-0.25, -0.2) is 4.98 Å². The molecule has 0 radical (unpaired) electrons. The van der Waals surface area contributed by atoms with E-state index < -0.39 is 17.9 Å². The van der Waals surface area contributed by atoms with Crippen molar-refractivity contribution in [2.75, 3.05) is 0 Å². The molecule has 0 aliphatic heterocycles. The molecule has 0 spiro atoms. The minimum Gasteiger partial charge on any atom is -0.481 e. The molecular formula is C10H15N3O3S. The first-order chi connectivity index (χ1) is 8.04. The molecule has 1 heterocycles. The van der Waals surface area contributed by atoms with Gasteiger partial charge in [-0.2, -0.15) is 0 Å². The smallest absolute Gasteiger partial charge is 0.305 e. The van der Waals surface area contributed by atoms with Crippen molar-refractivity contribution in [2.45, 2.75) is 31.8 Å². The zero-order valence-electron chi connectivity index (χ0n) is 9.42. The molecule has 1 amide bonds. The van der Waals surface area contributed by atoms with Crippen molar-refractivity contribution < 1.29 is 14.7 Å². The summed E-state index contributed by atoms with van der Waals surface area (Å²) < 4.78 is 0. The van der Waals surface area contributed by atoms with E-state index in [1.165, 1.54) is 11.3 Å².